The highest BCUT2D eigenvalue weighted by molar-refractivity contribution is 7.99. The molecule has 0 atom stereocenters. The van der Waals surface area contributed by atoms with Gasteiger partial charge in [0.1, 0.15) is 4.83 Å². The first kappa shape index (κ1) is 20.9. The molecular formula is C16H20N6O5S2. The molecule has 0 spiro atoms. The van der Waals surface area contributed by atoms with Crippen LogP contribution in [0.3, 0.4) is 0 Å². The summed E-state index contributed by atoms with van der Waals surface area (Å²) >= 11 is 2.27. The summed E-state index contributed by atoms with van der Waals surface area (Å²) in [6.45, 7) is 2.82. The van der Waals surface area contributed by atoms with Crippen LogP contribution in [0.15, 0.2) is 9.95 Å². The highest BCUT2D eigenvalue weighted by Crippen LogP contribution is 2.33. The van der Waals surface area contributed by atoms with E-state index in [0.717, 1.165) is 26.9 Å². The Hall–Kier alpha value is -2.80. The molecule has 0 fully saturated rings. The Bertz CT molecular complexity index is 1030. The topological polar surface area (TPSA) is 149 Å². The van der Waals surface area contributed by atoms with E-state index >= 15 is 0 Å². The summed E-state index contributed by atoms with van der Waals surface area (Å²) in [6, 6.07) is -0.624. The molecule has 3 heterocycles. The average molecular weight is 441 g/mol. The van der Waals surface area contributed by atoms with Crippen molar-refractivity contribution < 1.29 is 19.1 Å². The third-order valence-corrected chi connectivity index (χ3v) is 6.28. The number of carbonyl (C=O) groups excluding carboxylic acids is 3. The first-order valence-electron chi connectivity index (χ1n) is 8.74. The van der Waals surface area contributed by atoms with Crippen LogP contribution in [0.1, 0.15) is 17.4 Å². The number of amides is 4. The predicted octanol–water partition coefficient (Wildman–Crippen LogP) is 0.234. The van der Waals surface area contributed by atoms with Crippen LogP contribution in [0.25, 0.3) is 10.2 Å². The molecule has 11 nitrogen and oxygen atoms in total. The van der Waals surface area contributed by atoms with Crippen molar-refractivity contribution in [3.05, 3.63) is 20.8 Å². The standard InChI is InChI=1S/C16H20N6O5S2/c1-3-27-16(26)21-5-4-8-9(6-21)29-12-11(8)13(24)22(17)15(20-12)28-7-10(23)19-14(25)18-2/h3-7,17H2,1-2H3,(H2,18,19,23,25). The lowest BCUT2D eigenvalue weighted by Gasteiger charge is -2.25. The van der Waals surface area contributed by atoms with E-state index in [-0.39, 0.29) is 10.9 Å². The second-order valence-electron chi connectivity index (χ2n) is 6.04. The predicted molar refractivity (Wildman–Crippen MR) is 108 cm³/mol. The quantitative estimate of drug-likeness (QED) is 0.348. The average Bonchev–Trinajstić information content (AvgIpc) is 3.07. The number of rotatable bonds is 4. The summed E-state index contributed by atoms with van der Waals surface area (Å²) in [6.07, 6.45) is 0.115. The highest BCUT2D eigenvalue weighted by Gasteiger charge is 2.27. The molecule has 156 valence electrons. The number of hydrogen-bond acceptors (Lipinski definition) is 9. The van der Waals surface area contributed by atoms with Gasteiger partial charge in [-0.15, -0.1) is 11.3 Å². The number of thiophene rings is 1. The van der Waals surface area contributed by atoms with Crippen molar-refractivity contribution in [3.8, 4) is 0 Å². The summed E-state index contributed by atoms with van der Waals surface area (Å²) in [5.41, 5.74) is 0.433. The first-order chi connectivity index (χ1) is 13.8. The third-order valence-electron chi connectivity index (χ3n) is 4.21. The van der Waals surface area contributed by atoms with Gasteiger partial charge in [-0.05, 0) is 18.9 Å². The minimum atomic E-state index is -0.624. The monoisotopic (exact) mass is 440 g/mol. The normalized spacial score (nSPS) is 13.1. The van der Waals surface area contributed by atoms with E-state index in [4.69, 9.17) is 10.6 Å². The van der Waals surface area contributed by atoms with Crippen molar-refractivity contribution in [3.63, 3.8) is 0 Å². The molecule has 4 N–H and O–H groups in total. The number of ether oxygens (including phenoxy) is 1. The molecule has 0 saturated heterocycles. The summed E-state index contributed by atoms with van der Waals surface area (Å²) in [5.74, 6) is 5.22. The zero-order chi connectivity index (χ0) is 21.1. The van der Waals surface area contributed by atoms with Gasteiger partial charge in [0.05, 0.1) is 24.3 Å². The zero-order valence-electron chi connectivity index (χ0n) is 15.8. The van der Waals surface area contributed by atoms with Crippen LogP contribution >= 0.6 is 23.1 Å². The zero-order valence-corrected chi connectivity index (χ0v) is 17.4. The van der Waals surface area contributed by atoms with Crippen molar-refractivity contribution in [2.45, 2.75) is 25.0 Å². The van der Waals surface area contributed by atoms with E-state index in [1.54, 1.807) is 11.8 Å². The van der Waals surface area contributed by atoms with Crippen LogP contribution < -0.4 is 22.0 Å². The number of nitrogens with zero attached hydrogens (tertiary/aromatic N) is 3. The largest absolute Gasteiger partial charge is 0.450 e. The molecular weight excluding hydrogens is 420 g/mol. The number of urea groups is 1. The van der Waals surface area contributed by atoms with Gasteiger partial charge in [-0.25, -0.2) is 19.2 Å². The van der Waals surface area contributed by atoms with Gasteiger partial charge in [0, 0.05) is 18.5 Å². The molecule has 0 unspecified atom stereocenters. The van der Waals surface area contributed by atoms with E-state index in [9.17, 15) is 19.2 Å². The summed E-state index contributed by atoms with van der Waals surface area (Å²) < 4.78 is 5.95. The number of nitrogens with one attached hydrogen (secondary N) is 2. The van der Waals surface area contributed by atoms with Gasteiger partial charge in [-0.2, -0.15) is 0 Å². The van der Waals surface area contributed by atoms with E-state index in [1.807, 2.05) is 0 Å². The molecule has 0 aliphatic carbocycles. The van der Waals surface area contributed by atoms with Crippen LogP contribution in [0.5, 0.6) is 0 Å². The number of thioether (sulfide) groups is 1. The molecule has 3 rings (SSSR count). The van der Waals surface area contributed by atoms with Gasteiger partial charge in [-0.3, -0.25) is 14.9 Å². The third kappa shape index (κ3) is 4.29. The van der Waals surface area contributed by atoms with Gasteiger partial charge in [-0.1, -0.05) is 11.8 Å². The second-order valence-corrected chi connectivity index (χ2v) is 8.07. The molecule has 0 bridgehead atoms. The summed E-state index contributed by atoms with van der Waals surface area (Å²) in [5, 5.41) is 5.00. The molecule has 29 heavy (non-hydrogen) atoms. The van der Waals surface area contributed by atoms with Gasteiger partial charge in [0.25, 0.3) is 5.56 Å². The molecule has 4 amide bonds. The number of fused-ring (bicyclic) bond motifs is 3. The minimum Gasteiger partial charge on any atom is -0.450 e. The number of aromatic nitrogens is 2. The molecule has 0 aromatic carbocycles. The maximum absolute atomic E-state index is 12.8. The summed E-state index contributed by atoms with van der Waals surface area (Å²) in [7, 11) is 1.39. The lowest BCUT2D eigenvalue weighted by molar-refractivity contribution is -0.117. The van der Waals surface area contributed by atoms with E-state index in [1.165, 1.54) is 18.4 Å². The highest BCUT2D eigenvalue weighted by atomic mass is 32.2. The van der Waals surface area contributed by atoms with Crippen molar-refractivity contribution in [2.75, 3.05) is 31.8 Å². The van der Waals surface area contributed by atoms with Crippen molar-refractivity contribution in [2.24, 2.45) is 0 Å². The molecule has 0 saturated carbocycles. The number of nitrogen functional groups attached to an aromatic ring is 1. The van der Waals surface area contributed by atoms with E-state index in [0.29, 0.717) is 36.3 Å². The minimum absolute atomic E-state index is 0.135. The molecule has 1 aliphatic rings. The van der Waals surface area contributed by atoms with Gasteiger partial charge >= 0.3 is 12.1 Å². The lowest BCUT2D eigenvalue weighted by atomic mass is 10.1. The number of imide groups is 1. The SMILES string of the molecule is CCOC(=O)N1CCc2c(sc3nc(SCC(=O)NC(=O)NC)n(N)c(=O)c23)C1. The number of hydrogen-bond donors (Lipinski definition) is 3. The van der Waals surface area contributed by atoms with Crippen LogP contribution in [-0.4, -0.2) is 58.5 Å². The molecule has 2 aromatic rings. The van der Waals surface area contributed by atoms with Crippen LogP contribution in [0, 0.1) is 0 Å². The Morgan fingerprint density at radius 2 is 2.14 bits per heavy atom. The lowest BCUT2D eigenvalue weighted by Crippen LogP contribution is -2.38. The number of carbonyl (C=O) groups is 3. The maximum atomic E-state index is 12.8. The smallest absolute Gasteiger partial charge is 0.410 e. The first-order valence-corrected chi connectivity index (χ1v) is 10.5. The van der Waals surface area contributed by atoms with Crippen LogP contribution in [-0.2, 0) is 22.5 Å². The van der Waals surface area contributed by atoms with E-state index in [2.05, 4.69) is 15.6 Å². The van der Waals surface area contributed by atoms with Gasteiger partial charge in [0.2, 0.25) is 5.91 Å². The van der Waals surface area contributed by atoms with Gasteiger partial charge in [0.15, 0.2) is 5.16 Å². The molecule has 0 radical (unpaired) electrons. The van der Waals surface area contributed by atoms with Crippen molar-refractivity contribution in [1.29, 1.82) is 0 Å². The second kappa shape index (κ2) is 8.69. The summed E-state index contributed by atoms with van der Waals surface area (Å²) in [4.78, 5) is 55.1. The Kier molecular flexibility index (Phi) is 6.27. The Labute approximate surface area is 173 Å². The molecule has 1 aliphatic heterocycles. The molecule has 13 heteroatoms. The van der Waals surface area contributed by atoms with Crippen molar-refractivity contribution >= 4 is 51.3 Å². The maximum Gasteiger partial charge on any atom is 0.410 e. The molecule has 2 aromatic heterocycles. The van der Waals surface area contributed by atoms with Crippen molar-refractivity contribution in [1.82, 2.24) is 25.2 Å². The fourth-order valence-corrected chi connectivity index (χ4v) is 4.86. The Morgan fingerprint density at radius 1 is 1.38 bits per heavy atom. The fourth-order valence-electron chi connectivity index (χ4n) is 2.86. The van der Waals surface area contributed by atoms with Gasteiger partial charge < -0.3 is 20.8 Å². The Balaban J connectivity index is 1.84. The van der Waals surface area contributed by atoms with Crippen LogP contribution in [0.2, 0.25) is 0 Å². The number of nitrogens with two attached hydrogens (primary N) is 1. The fraction of sp³-hybridized carbons (Fsp3) is 0.438. The Morgan fingerprint density at radius 3 is 2.83 bits per heavy atom. The van der Waals surface area contributed by atoms with Crippen LogP contribution in [0.4, 0.5) is 9.59 Å². The van der Waals surface area contributed by atoms with E-state index < -0.39 is 23.6 Å².